The average molecular weight is 662 g/mol. The number of allylic oxidation sites excluding steroid dienone is 3. The maximum atomic E-state index is 13.9. The minimum absolute atomic E-state index is 0.0919. The summed E-state index contributed by atoms with van der Waals surface area (Å²) < 4.78 is 5.83. The Kier molecular flexibility index (Phi) is 7.09. The van der Waals surface area contributed by atoms with Crippen molar-refractivity contribution in [2.24, 2.45) is 64.1 Å². The number of carbonyl (C=O) groups is 2. The number of rotatable bonds is 4. The number of esters is 1. The number of ether oxygens (including phenoxy) is 1. The van der Waals surface area contributed by atoms with Gasteiger partial charge in [0.05, 0.1) is 22.7 Å². The van der Waals surface area contributed by atoms with Gasteiger partial charge in [0.15, 0.2) is 0 Å². The molecule has 9 aliphatic rings. The highest BCUT2D eigenvalue weighted by Crippen LogP contribution is 2.76. The second-order valence-electron chi connectivity index (χ2n) is 18.1. The zero-order valence-electron chi connectivity index (χ0n) is 28.7. The van der Waals surface area contributed by atoms with Crippen LogP contribution in [0, 0.1) is 64.1 Å². The summed E-state index contributed by atoms with van der Waals surface area (Å²) in [6.45, 7) is 2.66. The molecule has 6 saturated carbocycles. The Hall–Kier alpha value is -1.84. The Morgan fingerprint density at radius 3 is 2.56 bits per heavy atom. The van der Waals surface area contributed by atoms with E-state index in [1.54, 1.807) is 6.08 Å². The summed E-state index contributed by atoms with van der Waals surface area (Å²) in [5.74, 6) is -0.467. The molecular formula is C40H55NO7. The van der Waals surface area contributed by atoms with Crippen LogP contribution in [0.3, 0.4) is 0 Å². The molecule has 0 unspecified atom stereocenters. The highest BCUT2D eigenvalue weighted by Gasteiger charge is 2.82. The van der Waals surface area contributed by atoms with Crippen molar-refractivity contribution in [3.63, 3.8) is 0 Å². The number of carbonyl (C=O) groups excluding carboxylic acids is 2. The molecule has 8 nitrogen and oxygen atoms in total. The van der Waals surface area contributed by atoms with Crippen LogP contribution < -0.4 is 5.32 Å². The van der Waals surface area contributed by atoms with E-state index in [2.05, 4.69) is 30.5 Å². The quantitative estimate of drug-likeness (QED) is 0.173. The third kappa shape index (κ3) is 3.75. The third-order valence-corrected chi connectivity index (χ3v) is 16.8. The van der Waals surface area contributed by atoms with Crippen molar-refractivity contribution >= 4 is 12.3 Å². The van der Waals surface area contributed by atoms with Gasteiger partial charge in [-0.1, -0.05) is 50.8 Å². The van der Waals surface area contributed by atoms with E-state index >= 15 is 0 Å². The maximum absolute atomic E-state index is 13.9. The Bertz CT molecular complexity index is 1480. The van der Waals surface area contributed by atoms with Gasteiger partial charge < -0.3 is 35.3 Å². The fraction of sp³-hybridized carbons (Fsp3) is 0.800. The zero-order valence-corrected chi connectivity index (χ0v) is 28.7. The predicted molar refractivity (Wildman–Crippen MR) is 178 cm³/mol. The number of fused-ring (bicyclic) bond motifs is 9. The first-order valence-corrected chi connectivity index (χ1v) is 19.2. The van der Waals surface area contributed by atoms with Gasteiger partial charge >= 0.3 is 5.97 Å². The molecule has 0 aromatic carbocycles. The molecule has 15 atom stereocenters. The largest absolute Gasteiger partial charge is 0.450 e. The molecule has 1 aliphatic heterocycles. The second-order valence-corrected chi connectivity index (χ2v) is 18.1. The molecule has 1 heterocycles. The van der Waals surface area contributed by atoms with Crippen molar-refractivity contribution in [1.29, 1.82) is 0 Å². The molecular weight excluding hydrogens is 606 g/mol. The fourth-order valence-corrected chi connectivity index (χ4v) is 15.0. The van der Waals surface area contributed by atoms with Crippen LogP contribution in [0.2, 0.25) is 0 Å². The lowest BCUT2D eigenvalue weighted by Gasteiger charge is -2.71. The van der Waals surface area contributed by atoms with Crippen molar-refractivity contribution < 1.29 is 34.8 Å². The molecule has 48 heavy (non-hydrogen) atoms. The molecule has 0 amide bonds. The fourth-order valence-electron chi connectivity index (χ4n) is 15.0. The molecule has 262 valence electrons. The highest BCUT2D eigenvalue weighted by molar-refractivity contribution is 5.87. The van der Waals surface area contributed by atoms with Crippen LogP contribution in [-0.2, 0) is 14.3 Å². The van der Waals surface area contributed by atoms with Crippen LogP contribution in [0.5, 0.6) is 0 Å². The Morgan fingerprint density at radius 2 is 1.81 bits per heavy atom. The van der Waals surface area contributed by atoms with Gasteiger partial charge in [-0.3, -0.25) is 0 Å². The summed E-state index contributed by atoms with van der Waals surface area (Å²) in [5, 5.41) is 55.2. The van der Waals surface area contributed by atoms with E-state index in [0.717, 1.165) is 23.9 Å². The van der Waals surface area contributed by atoms with Crippen LogP contribution >= 0.6 is 0 Å². The summed E-state index contributed by atoms with van der Waals surface area (Å²) in [6, 6.07) is 0. The number of aldehydes is 1. The zero-order chi connectivity index (χ0) is 33.4. The number of likely N-dealkylation sites (N-methyl/N-ethyl adjacent to an activating group) is 1. The minimum Gasteiger partial charge on any atom is -0.450 e. The van der Waals surface area contributed by atoms with Gasteiger partial charge in [0.1, 0.15) is 18.0 Å². The monoisotopic (exact) mass is 661 g/mol. The van der Waals surface area contributed by atoms with Crippen molar-refractivity contribution in [1.82, 2.24) is 5.32 Å². The van der Waals surface area contributed by atoms with Crippen LogP contribution in [0.15, 0.2) is 35.5 Å². The number of hydrogen-bond acceptors (Lipinski definition) is 8. The molecule has 6 fully saturated rings. The lowest BCUT2D eigenvalue weighted by molar-refractivity contribution is -0.341. The standard InChI is InChI=1S/C40H55NO7/c1-36-12-11-32-37(21-42)13-10-31(43)30-15-23-8-5-9-27(22-6-3-4-7-22)28(23)16-26(40(30,37)47)19-38(32,45)39(36,46)18-24-14-25(20-41-2)35-29(34(24)36)17-33(44)48-35/h5,8,14,17,21-24,26-28,30-32,34-35,41,43,45-47H,3-4,6-7,9-13,15-16,18-20H2,1-2H3/t23-,24-,26-,27-,28-,30+,31+,32-,34-,35+,36-,37+,38+,39-,40+/m1/s1. The molecule has 0 radical (unpaired) electrons. The molecule has 0 bridgehead atoms. The second kappa shape index (κ2) is 10.6. The SMILES string of the molecule is CNCC1=C[C@@H]2C[C@@]3(O)[C@](C)(CC[C@H]4[C@@]3(O)C[C@H]3C[C@@H]5[C@H](C=CC[C@@H]5C5CCCC5)C[C@H]5[C@@H](O)CC[C@@]4(C=O)[C@]35O)[C@H]2C2=CC(=O)O[C@@H]12. The molecule has 0 saturated heterocycles. The van der Waals surface area contributed by atoms with Crippen LogP contribution in [-0.4, -0.2) is 75.3 Å². The first-order chi connectivity index (χ1) is 23.0. The van der Waals surface area contributed by atoms with Crippen LogP contribution in [0.25, 0.3) is 0 Å². The number of hydrogen-bond donors (Lipinski definition) is 5. The van der Waals surface area contributed by atoms with Crippen molar-refractivity contribution in [3.05, 3.63) is 35.5 Å². The summed E-state index contributed by atoms with van der Waals surface area (Å²) in [7, 11) is 1.87. The Labute approximate surface area is 284 Å². The normalized spacial score (nSPS) is 55.2. The average Bonchev–Trinajstić information content (AvgIpc) is 3.76. The van der Waals surface area contributed by atoms with E-state index < -0.39 is 57.6 Å². The molecule has 8 aliphatic carbocycles. The van der Waals surface area contributed by atoms with Gasteiger partial charge in [-0.25, -0.2) is 4.79 Å². The van der Waals surface area contributed by atoms with Gasteiger partial charge in [0.2, 0.25) is 0 Å². The van der Waals surface area contributed by atoms with E-state index in [0.29, 0.717) is 69.2 Å². The topological polar surface area (TPSA) is 136 Å². The molecule has 0 aromatic rings. The Morgan fingerprint density at radius 1 is 1.02 bits per heavy atom. The van der Waals surface area contributed by atoms with Crippen molar-refractivity contribution in [3.8, 4) is 0 Å². The van der Waals surface area contributed by atoms with Crippen molar-refractivity contribution in [2.45, 2.75) is 119 Å². The third-order valence-electron chi connectivity index (χ3n) is 16.8. The smallest absolute Gasteiger partial charge is 0.331 e. The van der Waals surface area contributed by atoms with Crippen LogP contribution in [0.1, 0.15) is 90.4 Å². The lowest BCUT2D eigenvalue weighted by Crippen LogP contribution is -2.80. The first-order valence-electron chi connectivity index (χ1n) is 19.2. The summed E-state index contributed by atoms with van der Waals surface area (Å²) in [4.78, 5) is 26.6. The predicted octanol–water partition coefficient (Wildman–Crippen LogP) is 4.01. The summed E-state index contributed by atoms with van der Waals surface area (Å²) in [6.07, 6.45) is 18.0. The van der Waals surface area contributed by atoms with E-state index in [1.165, 1.54) is 25.7 Å². The number of aliphatic hydroxyl groups is 4. The molecule has 9 rings (SSSR count). The first kappa shape index (κ1) is 32.1. The van der Waals surface area contributed by atoms with E-state index in [-0.39, 0.29) is 30.1 Å². The molecule has 0 spiro atoms. The lowest BCUT2D eigenvalue weighted by atomic mass is 9.36. The van der Waals surface area contributed by atoms with Gasteiger partial charge in [-0.05, 0) is 117 Å². The van der Waals surface area contributed by atoms with E-state index in [1.807, 2.05) is 7.05 Å². The van der Waals surface area contributed by atoms with Gasteiger partial charge in [-0.2, -0.15) is 0 Å². The maximum Gasteiger partial charge on any atom is 0.331 e. The summed E-state index contributed by atoms with van der Waals surface area (Å²) >= 11 is 0. The Balaban J connectivity index is 1.18. The van der Waals surface area contributed by atoms with Gasteiger partial charge in [0, 0.05) is 29.9 Å². The molecule has 0 aromatic heterocycles. The van der Waals surface area contributed by atoms with Crippen LogP contribution in [0.4, 0.5) is 0 Å². The van der Waals surface area contributed by atoms with Gasteiger partial charge in [0.25, 0.3) is 0 Å². The summed E-state index contributed by atoms with van der Waals surface area (Å²) in [5.41, 5.74) is -4.76. The number of nitrogens with one attached hydrogen (secondary N) is 1. The molecule has 5 N–H and O–H groups in total. The highest BCUT2D eigenvalue weighted by atomic mass is 16.5. The molecule has 8 heteroatoms. The van der Waals surface area contributed by atoms with E-state index in [9.17, 15) is 30.0 Å². The number of aliphatic hydroxyl groups excluding tert-OH is 1. The minimum atomic E-state index is -1.62. The van der Waals surface area contributed by atoms with Crippen molar-refractivity contribution in [2.75, 3.05) is 13.6 Å². The van der Waals surface area contributed by atoms with E-state index in [4.69, 9.17) is 4.74 Å². The van der Waals surface area contributed by atoms with Gasteiger partial charge in [-0.15, -0.1) is 0 Å².